The summed E-state index contributed by atoms with van der Waals surface area (Å²) in [7, 11) is 0. The summed E-state index contributed by atoms with van der Waals surface area (Å²) in [5, 5.41) is 19.4. The minimum absolute atomic E-state index is 0.134. The number of carbonyl (C=O) groups is 3. The first-order valence-electron chi connectivity index (χ1n) is 7.56. The van der Waals surface area contributed by atoms with Gasteiger partial charge in [0.1, 0.15) is 17.7 Å². The summed E-state index contributed by atoms with van der Waals surface area (Å²) < 4.78 is 5.00. The molecule has 0 heterocycles. The third kappa shape index (κ3) is 12.4. The van der Waals surface area contributed by atoms with E-state index in [1.54, 1.807) is 34.6 Å². The van der Waals surface area contributed by atoms with Gasteiger partial charge in [-0.15, -0.1) is 0 Å². The molecule has 1 unspecified atom stereocenters. The zero-order chi connectivity index (χ0) is 18.8. The molecule has 8 nitrogen and oxygen atoms in total. The molecule has 0 aliphatic rings. The van der Waals surface area contributed by atoms with E-state index in [-0.39, 0.29) is 5.92 Å². The van der Waals surface area contributed by atoms with E-state index in [4.69, 9.17) is 20.7 Å². The van der Waals surface area contributed by atoms with Gasteiger partial charge in [-0.2, -0.15) is 0 Å². The van der Waals surface area contributed by atoms with Gasteiger partial charge in [0.25, 0.3) is 0 Å². The fourth-order valence-electron chi connectivity index (χ4n) is 1.29. The number of carbonyl (C=O) groups excluding carboxylic acids is 1. The Balaban J connectivity index is 0. The summed E-state index contributed by atoms with van der Waals surface area (Å²) >= 11 is 0. The van der Waals surface area contributed by atoms with Gasteiger partial charge >= 0.3 is 18.0 Å². The topological polar surface area (TPSA) is 139 Å². The molecule has 0 saturated heterocycles. The summed E-state index contributed by atoms with van der Waals surface area (Å²) in [5.74, 6) is -2.10. The van der Waals surface area contributed by atoms with Gasteiger partial charge < -0.3 is 26.0 Å². The molecule has 0 aliphatic heterocycles. The summed E-state index contributed by atoms with van der Waals surface area (Å²) in [6.45, 7) is 10.6. The number of nitrogens with two attached hydrogens (primary N) is 1. The normalized spacial score (nSPS) is 14.6. The summed E-state index contributed by atoms with van der Waals surface area (Å²) in [5.41, 5.74) is 4.39. The Hall–Kier alpha value is -1.83. The maximum absolute atomic E-state index is 11.4. The molecule has 0 aromatic carbocycles. The SMILES string of the molecule is CCC(N)C(=O)O.CC[C@H](C)[C@H](NC(=O)OC(C)(C)C)C(=O)O. The van der Waals surface area contributed by atoms with Gasteiger partial charge in [-0.3, -0.25) is 4.79 Å². The van der Waals surface area contributed by atoms with Crippen molar-refractivity contribution in [3.05, 3.63) is 0 Å². The van der Waals surface area contributed by atoms with E-state index in [0.29, 0.717) is 12.8 Å². The minimum atomic E-state index is -1.04. The lowest BCUT2D eigenvalue weighted by atomic mass is 10.00. The molecule has 5 N–H and O–H groups in total. The van der Waals surface area contributed by atoms with Crippen molar-refractivity contribution in [3.8, 4) is 0 Å². The molecule has 0 spiro atoms. The zero-order valence-electron chi connectivity index (χ0n) is 14.8. The van der Waals surface area contributed by atoms with Crippen molar-refractivity contribution in [3.63, 3.8) is 0 Å². The number of hydrogen-bond acceptors (Lipinski definition) is 5. The predicted octanol–water partition coefficient (Wildman–Crippen LogP) is 1.82. The fourth-order valence-corrected chi connectivity index (χ4v) is 1.29. The third-order valence-corrected chi connectivity index (χ3v) is 2.91. The standard InChI is InChI=1S/C11H21NO4.C4H9NO2/c1-6-7(2)8(9(13)14)12-10(15)16-11(3,4)5;1-2-3(5)4(6)7/h7-8H,6H2,1-5H3,(H,12,15)(H,13,14);3H,2,5H2,1H3,(H,6,7)/t7-,8-;/m0./s1. The van der Waals surface area contributed by atoms with E-state index in [9.17, 15) is 14.4 Å². The quantitative estimate of drug-likeness (QED) is 0.581. The molecule has 0 saturated carbocycles. The van der Waals surface area contributed by atoms with Crippen LogP contribution in [-0.2, 0) is 14.3 Å². The average molecular weight is 334 g/mol. The summed E-state index contributed by atoms with van der Waals surface area (Å²) in [6.07, 6.45) is 0.474. The molecule has 1 amide bonds. The van der Waals surface area contributed by atoms with Crippen LogP contribution in [0.2, 0.25) is 0 Å². The molecular weight excluding hydrogens is 304 g/mol. The first-order chi connectivity index (χ1) is 10.4. The van der Waals surface area contributed by atoms with Gasteiger partial charge in [0.05, 0.1) is 0 Å². The molecular formula is C15H30N2O6. The van der Waals surface area contributed by atoms with Crippen molar-refractivity contribution in [2.24, 2.45) is 11.7 Å². The fraction of sp³-hybridized carbons (Fsp3) is 0.800. The van der Waals surface area contributed by atoms with Crippen molar-refractivity contribution in [1.82, 2.24) is 5.32 Å². The second kappa shape index (κ2) is 10.8. The largest absolute Gasteiger partial charge is 0.480 e. The third-order valence-electron chi connectivity index (χ3n) is 2.91. The highest BCUT2D eigenvalue weighted by atomic mass is 16.6. The molecule has 0 aromatic rings. The molecule has 0 radical (unpaired) electrons. The second-order valence-electron chi connectivity index (χ2n) is 6.20. The number of ether oxygens (including phenoxy) is 1. The van der Waals surface area contributed by atoms with E-state index in [0.717, 1.165) is 0 Å². The van der Waals surface area contributed by atoms with Gasteiger partial charge in [0.2, 0.25) is 0 Å². The number of hydrogen-bond donors (Lipinski definition) is 4. The zero-order valence-corrected chi connectivity index (χ0v) is 14.8. The number of alkyl carbamates (subject to hydrolysis) is 1. The molecule has 3 atom stereocenters. The minimum Gasteiger partial charge on any atom is -0.480 e. The first-order valence-corrected chi connectivity index (χ1v) is 7.56. The van der Waals surface area contributed by atoms with Crippen LogP contribution in [-0.4, -0.2) is 45.9 Å². The van der Waals surface area contributed by atoms with Crippen LogP contribution in [0.4, 0.5) is 4.79 Å². The highest BCUT2D eigenvalue weighted by Gasteiger charge is 2.27. The predicted molar refractivity (Wildman–Crippen MR) is 86.2 cm³/mol. The van der Waals surface area contributed by atoms with Crippen LogP contribution in [0.5, 0.6) is 0 Å². The number of nitrogens with one attached hydrogen (secondary N) is 1. The average Bonchev–Trinajstić information content (AvgIpc) is 2.41. The first kappa shape index (κ1) is 23.4. The van der Waals surface area contributed by atoms with Crippen LogP contribution in [0.3, 0.4) is 0 Å². The molecule has 8 heteroatoms. The van der Waals surface area contributed by atoms with Crippen LogP contribution in [0, 0.1) is 5.92 Å². The molecule has 0 fully saturated rings. The van der Waals surface area contributed by atoms with Crippen molar-refractivity contribution < 1.29 is 29.3 Å². The van der Waals surface area contributed by atoms with E-state index in [2.05, 4.69) is 5.32 Å². The lowest BCUT2D eigenvalue weighted by Gasteiger charge is -2.24. The Morgan fingerprint density at radius 3 is 1.78 bits per heavy atom. The molecule has 23 heavy (non-hydrogen) atoms. The Bertz CT molecular complexity index is 392. The van der Waals surface area contributed by atoms with E-state index in [1.807, 2.05) is 6.92 Å². The number of rotatable bonds is 6. The highest BCUT2D eigenvalue weighted by molar-refractivity contribution is 5.80. The van der Waals surface area contributed by atoms with Gasteiger partial charge in [-0.1, -0.05) is 27.2 Å². The van der Waals surface area contributed by atoms with Crippen LogP contribution < -0.4 is 11.1 Å². The smallest absolute Gasteiger partial charge is 0.408 e. The van der Waals surface area contributed by atoms with Crippen LogP contribution >= 0.6 is 0 Å². The monoisotopic (exact) mass is 334 g/mol. The summed E-state index contributed by atoms with van der Waals surface area (Å²) in [6, 6.07) is -1.58. The number of carboxylic acids is 2. The Kier molecular flexibility index (Phi) is 11.0. The van der Waals surface area contributed by atoms with Gasteiger partial charge in [-0.05, 0) is 33.1 Å². The van der Waals surface area contributed by atoms with Crippen LogP contribution in [0.25, 0.3) is 0 Å². The van der Waals surface area contributed by atoms with Gasteiger partial charge in [0, 0.05) is 0 Å². The highest BCUT2D eigenvalue weighted by Crippen LogP contribution is 2.11. The number of carboxylic acid groups (broad SMARTS) is 2. The van der Waals surface area contributed by atoms with Crippen molar-refractivity contribution >= 4 is 18.0 Å². The lowest BCUT2D eigenvalue weighted by molar-refractivity contribution is -0.141. The molecule has 0 rings (SSSR count). The maximum atomic E-state index is 11.4. The summed E-state index contributed by atoms with van der Waals surface area (Å²) in [4.78, 5) is 32.1. The van der Waals surface area contributed by atoms with Crippen molar-refractivity contribution in [2.45, 2.75) is 72.1 Å². The Morgan fingerprint density at radius 1 is 1.09 bits per heavy atom. The lowest BCUT2D eigenvalue weighted by Crippen LogP contribution is -2.46. The molecule has 136 valence electrons. The Morgan fingerprint density at radius 2 is 1.57 bits per heavy atom. The van der Waals surface area contributed by atoms with Crippen molar-refractivity contribution in [1.29, 1.82) is 0 Å². The number of aliphatic carboxylic acids is 2. The van der Waals surface area contributed by atoms with Crippen LogP contribution in [0.15, 0.2) is 0 Å². The maximum Gasteiger partial charge on any atom is 0.408 e. The number of amides is 1. The van der Waals surface area contributed by atoms with Gasteiger partial charge in [-0.25, -0.2) is 9.59 Å². The van der Waals surface area contributed by atoms with E-state index in [1.165, 1.54) is 0 Å². The van der Waals surface area contributed by atoms with Crippen molar-refractivity contribution in [2.75, 3.05) is 0 Å². The molecule has 0 aliphatic carbocycles. The second-order valence-corrected chi connectivity index (χ2v) is 6.20. The Labute approximate surface area is 137 Å². The van der Waals surface area contributed by atoms with Gasteiger partial charge in [0.15, 0.2) is 0 Å². The van der Waals surface area contributed by atoms with E-state index >= 15 is 0 Å². The van der Waals surface area contributed by atoms with E-state index < -0.39 is 35.7 Å². The molecule has 0 aromatic heterocycles. The van der Waals surface area contributed by atoms with Crippen LogP contribution in [0.1, 0.15) is 54.4 Å². The molecule has 0 bridgehead atoms.